The molecule has 0 aliphatic heterocycles. The highest BCUT2D eigenvalue weighted by molar-refractivity contribution is 5.94. The number of nitrogens with zero attached hydrogens (tertiary/aromatic N) is 1. The van der Waals surface area contributed by atoms with E-state index in [1.165, 1.54) is 24.0 Å². The Bertz CT molecular complexity index is 500. The summed E-state index contributed by atoms with van der Waals surface area (Å²) in [6.45, 7) is 5.43. The summed E-state index contributed by atoms with van der Waals surface area (Å²) in [4.78, 5) is 14.3. The van der Waals surface area contributed by atoms with Crippen molar-refractivity contribution in [1.29, 1.82) is 0 Å². The zero-order valence-corrected chi connectivity index (χ0v) is 14.1. The van der Waals surface area contributed by atoms with Crippen molar-refractivity contribution in [1.82, 2.24) is 4.90 Å². The van der Waals surface area contributed by atoms with Gasteiger partial charge in [-0.05, 0) is 60.9 Å². The molecule has 1 aromatic rings. The van der Waals surface area contributed by atoms with Crippen LogP contribution in [0.15, 0.2) is 18.2 Å². The Morgan fingerprint density at radius 3 is 2.48 bits per heavy atom. The summed E-state index contributed by atoms with van der Waals surface area (Å²) < 4.78 is 0. The van der Waals surface area contributed by atoms with E-state index in [4.69, 9.17) is 5.73 Å². The zero-order valence-electron chi connectivity index (χ0n) is 13.3. The average Bonchev–Trinajstić information content (AvgIpc) is 2.45. The monoisotopic (exact) mass is 310 g/mol. The van der Waals surface area contributed by atoms with Crippen LogP contribution < -0.4 is 5.73 Å². The first-order chi connectivity index (χ1) is 9.43. The molecule has 0 unspecified atom stereocenters. The van der Waals surface area contributed by atoms with Crippen LogP contribution in [-0.4, -0.2) is 30.9 Å². The summed E-state index contributed by atoms with van der Waals surface area (Å²) in [7, 11) is 1.86. The second kappa shape index (κ2) is 7.28. The molecule has 0 aromatic heterocycles. The van der Waals surface area contributed by atoms with Crippen molar-refractivity contribution in [3.05, 3.63) is 34.9 Å². The molecule has 4 heteroatoms. The minimum atomic E-state index is -0.0430. The van der Waals surface area contributed by atoms with Crippen LogP contribution in [-0.2, 0) is 12.8 Å². The quantitative estimate of drug-likeness (QED) is 0.929. The third kappa shape index (κ3) is 4.45. The van der Waals surface area contributed by atoms with Crippen LogP contribution in [0.25, 0.3) is 0 Å². The van der Waals surface area contributed by atoms with Crippen molar-refractivity contribution >= 4 is 18.3 Å². The van der Waals surface area contributed by atoms with Crippen molar-refractivity contribution in [3.8, 4) is 0 Å². The van der Waals surface area contributed by atoms with Gasteiger partial charge in [0.05, 0.1) is 0 Å². The molecule has 1 aromatic carbocycles. The van der Waals surface area contributed by atoms with Crippen molar-refractivity contribution in [2.24, 2.45) is 11.1 Å². The number of carbonyl (C=O) groups excluding carboxylic acids is 1. The molecule has 1 amide bonds. The molecule has 0 bridgehead atoms. The van der Waals surface area contributed by atoms with Crippen molar-refractivity contribution < 1.29 is 4.79 Å². The minimum absolute atomic E-state index is 0. The summed E-state index contributed by atoms with van der Waals surface area (Å²) in [6, 6.07) is 6.19. The Morgan fingerprint density at radius 2 is 1.86 bits per heavy atom. The Labute approximate surface area is 134 Å². The van der Waals surface area contributed by atoms with E-state index < -0.39 is 0 Å². The number of amides is 1. The summed E-state index contributed by atoms with van der Waals surface area (Å²) in [5.41, 5.74) is 9.28. The second-order valence-electron chi connectivity index (χ2n) is 6.72. The van der Waals surface area contributed by atoms with E-state index in [1.807, 2.05) is 13.1 Å². The second-order valence-corrected chi connectivity index (χ2v) is 6.72. The fourth-order valence-corrected chi connectivity index (χ4v) is 2.87. The molecule has 0 spiro atoms. The first-order valence-electron chi connectivity index (χ1n) is 7.50. The van der Waals surface area contributed by atoms with Gasteiger partial charge in [0, 0.05) is 19.2 Å². The van der Waals surface area contributed by atoms with Gasteiger partial charge in [0.25, 0.3) is 5.91 Å². The van der Waals surface area contributed by atoms with E-state index in [1.54, 1.807) is 4.90 Å². The van der Waals surface area contributed by atoms with Crippen LogP contribution >= 0.6 is 12.4 Å². The van der Waals surface area contributed by atoms with Gasteiger partial charge in [0.2, 0.25) is 0 Å². The molecule has 21 heavy (non-hydrogen) atoms. The standard InChI is InChI=1S/C17H26N2O.ClH/c1-17(2,11-18)12-19(3)16(20)15-9-8-13-6-4-5-7-14(13)10-15;/h8-10H,4-7,11-12,18H2,1-3H3;1H. The highest BCUT2D eigenvalue weighted by Crippen LogP contribution is 2.23. The lowest BCUT2D eigenvalue weighted by molar-refractivity contribution is 0.0740. The van der Waals surface area contributed by atoms with Crippen LogP contribution in [0.1, 0.15) is 48.2 Å². The van der Waals surface area contributed by atoms with Gasteiger partial charge in [0.15, 0.2) is 0 Å². The number of carbonyl (C=O) groups is 1. The SMILES string of the molecule is CN(CC(C)(C)CN)C(=O)c1ccc2c(c1)CCCC2.Cl. The van der Waals surface area contributed by atoms with E-state index in [0.717, 1.165) is 18.4 Å². The molecule has 1 aliphatic rings. The molecule has 3 nitrogen and oxygen atoms in total. The van der Waals surface area contributed by atoms with Crippen LogP contribution in [0.5, 0.6) is 0 Å². The van der Waals surface area contributed by atoms with Gasteiger partial charge >= 0.3 is 0 Å². The Balaban J connectivity index is 0.00000220. The Morgan fingerprint density at radius 1 is 1.24 bits per heavy atom. The normalized spacial score (nSPS) is 14.1. The topological polar surface area (TPSA) is 46.3 Å². The van der Waals surface area contributed by atoms with Gasteiger partial charge in [-0.2, -0.15) is 0 Å². The number of hydrogen-bond donors (Lipinski definition) is 1. The van der Waals surface area contributed by atoms with Crippen LogP contribution in [0.2, 0.25) is 0 Å². The summed E-state index contributed by atoms with van der Waals surface area (Å²) in [5, 5.41) is 0. The van der Waals surface area contributed by atoms with E-state index >= 15 is 0 Å². The lowest BCUT2D eigenvalue weighted by Gasteiger charge is -2.29. The van der Waals surface area contributed by atoms with Gasteiger partial charge in [0.1, 0.15) is 0 Å². The van der Waals surface area contributed by atoms with Crippen molar-refractivity contribution in [2.45, 2.75) is 39.5 Å². The molecule has 2 N–H and O–H groups in total. The molecule has 1 aliphatic carbocycles. The molecular formula is C17H27ClN2O. The lowest BCUT2D eigenvalue weighted by atomic mass is 9.90. The lowest BCUT2D eigenvalue weighted by Crippen LogP contribution is -2.39. The molecule has 0 atom stereocenters. The predicted octanol–water partition coefficient (Wildman–Crippen LogP) is 3.04. The Hall–Kier alpha value is -1.06. The third-order valence-corrected chi connectivity index (χ3v) is 4.16. The molecule has 0 saturated carbocycles. The van der Waals surface area contributed by atoms with Crippen molar-refractivity contribution in [3.63, 3.8) is 0 Å². The van der Waals surface area contributed by atoms with Gasteiger partial charge in [-0.15, -0.1) is 12.4 Å². The summed E-state index contributed by atoms with van der Waals surface area (Å²) >= 11 is 0. The number of fused-ring (bicyclic) bond motifs is 1. The Kier molecular flexibility index (Phi) is 6.24. The largest absolute Gasteiger partial charge is 0.341 e. The predicted molar refractivity (Wildman–Crippen MR) is 90.1 cm³/mol. The fourth-order valence-electron chi connectivity index (χ4n) is 2.87. The zero-order chi connectivity index (χ0) is 14.8. The van der Waals surface area contributed by atoms with E-state index in [2.05, 4.69) is 26.0 Å². The van der Waals surface area contributed by atoms with Gasteiger partial charge in [-0.3, -0.25) is 4.79 Å². The highest BCUT2D eigenvalue weighted by Gasteiger charge is 2.22. The van der Waals surface area contributed by atoms with Crippen LogP contribution in [0.3, 0.4) is 0 Å². The van der Waals surface area contributed by atoms with Gasteiger partial charge in [-0.25, -0.2) is 0 Å². The van der Waals surface area contributed by atoms with Crippen LogP contribution in [0.4, 0.5) is 0 Å². The number of hydrogen-bond acceptors (Lipinski definition) is 2. The molecule has 2 rings (SSSR count). The smallest absolute Gasteiger partial charge is 0.253 e. The first kappa shape index (κ1) is 18.0. The first-order valence-corrected chi connectivity index (χ1v) is 7.50. The molecular weight excluding hydrogens is 284 g/mol. The molecule has 118 valence electrons. The number of nitrogens with two attached hydrogens (primary N) is 1. The maximum atomic E-state index is 12.5. The van der Waals surface area contributed by atoms with E-state index in [-0.39, 0.29) is 23.7 Å². The van der Waals surface area contributed by atoms with Crippen molar-refractivity contribution in [2.75, 3.05) is 20.1 Å². The van der Waals surface area contributed by atoms with E-state index in [9.17, 15) is 4.79 Å². The van der Waals surface area contributed by atoms with Gasteiger partial charge < -0.3 is 10.6 Å². The highest BCUT2D eigenvalue weighted by atomic mass is 35.5. The maximum Gasteiger partial charge on any atom is 0.253 e. The average molecular weight is 311 g/mol. The number of rotatable bonds is 4. The maximum absolute atomic E-state index is 12.5. The molecule has 0 heterocycles. The minimum Gasteiger partial charge on any atom is -0.341 e. The summed E-state index contributed by atoms with van der Waals surface area (Å²) in [6.07, 6.45) is 4.76. The van der Waals surface area contributed by atoms with Gasteiger partial charge in [-0.1, -0.05) is 19.9 Å². The molecule has 0 radical (unpaired) electrons. The molecule has 0 saturated heterocycles. The number of benzene rings is 1. The number of aryl methyl sites for hydroxylation is 2. The van der Waals surface area contributed by atoms with Crippen LogP contribution in [0, 0.1) is 5.41 Å². The molecule has 0 fully saturated rings. The van der Waals surface area contributed by atoms with E-state index in [0.29, 0.717) is 13.1 Å². The third-order valence-electron chi connectivity index (χ3n) is 4.16. The summed E-state index contributed by atoms with van der Waals surface area (Å²) in [5.74, 6) is 0.0971. The number of halogens is 1. The fraction of sp³-hybridized carbons (Fsp3) is 0.588.